The lowest BCUT2D eigenvalue weighted by Crippen LogP contribution is -2.27. The molecular formula is C13H19N3O3S2. The summed E-state index contributed by atoms with van der Waals surface area (Å²) in [5, 5.41) is 3.02. The zero-order valence-electron chi connectivity index (χ0n) is 12.4. The van der Waals surface area contributed by atoms with Crippen molar-refractivity contribution in [2.45, 2.75) is 38.3 Å². The van der Waals surface area contributed by atoms with Crippen LogP contribution in [-0.4, -0.2) is 20.4 Å². The lowest BCUT2D eigenvalue weighted by molar-refractivity contribution is 0.428. The van der Waals surface area contributed by atoms with Gasteiger partial charge in [-0.25, -0.2) is 13.4 Å². The van der Waals surface area contributed by atoms with Gasteiger partial charge in [0.05, 0.1) is 17.1 Å². The molecule has 0 saturated heterocycles. The van der Waals surface area contributed by atoms with E-state index in [0.29, 0.717) is 23.1 Å². The maximum absolute atomic E-state index is 12.5. The maximum Gasteiger partial charge on any atom is 0.242 e. The molecule has 2 rings (SSSR count). The second-order valence-corrected chi connectivity index (χ2v) is 7.84. The molecule has 0 fully saturated rings. The molecule has 0 spiro atoms. The minimum atomic E-state index is -3.59. The Labute approximate surface area is 128 Å². The first-order valence-electron chi connectivity index (χ1n) is 6.52. The number of rotatable bonds is 6. The number of sulfonamides is 1. The number of nitrogens with one attached hydrogen (secondary N) is 2. The minimum absolute atomic E-state index is 0.313. The summed E-state index contributed by atoms with van der Waals surface area (Å²) in [5.41, 5.74) is 0. The summed E-state index contributed by atoms with van der Waals surface area (Å²) in [6.07, 6.45) is 1.57. The molecule has 0 bridgehead atoms. The number of oxazole rings is 1. The molecule has 2 heterocycles. The van der Waals surface area contributed by atoms with E-state index in [2.05, 4.69) is 15.0 Å². The van der Waals surface area contributed by atoms with Crippen molar-refractivity contribution in [1.82, 2.24) is 15.0 Å². The summed E-state index contributed by atoms with van der Waals surface area (Å²) in [6, 6.07) is 1.18. The van der Waals surface area contributed by atoms with Gasteiger partial charge in [-0.15, -0.1) is 11.3 Å². The van der Waals surface area contributed by atoms with Crippen LogP contribution in [0.3, 0.4) is 0 Å². The molecule has 6 nitrogen and oxygen atoms in total. The van der Waals surface area contributed by atoms with E-state index in [-0.39, 0.29) is 0 Å². The summed E-state index contributed by atoms with van der Waals surface area (Å²) < 4.78 is 32.9. The molecule has 21 heavy (non-hydrogen) atoms. The topological polar surface area (TPSA) is 84.2 Å². The predicted octanol–water partition coefficient (Wildman–Crippen LogP) is 2.11. The molecule has 1 unspecified atom stereocenters. The highest BCUT2D eigenvalue weighted by Crippen LogP contribution is 2.27. The van der Waals surface area contributed by atoms with Crippen molar-refractivity contribution in [1.29, 1.82) is 0 Å². The van der Waals surface area contributed by atoms with Crippen molar-refractivity contribution in [3.63, 3.8) is 0 Å². The molecule has 0 aromatic carbocycles. The van der Waals surface area contributed by atoms with Crippen LogP contribution in [-0.2, 0) is 16.6 Å². The molecule has 8 heteroatoms. The second kappa shape index (κ2) is 6.27. The van der Waals surface area contributed by atoms with Gasteiger partial charge in [-0.05, 0) is 33.9 Å². The Bertz CT molecular complexity index is 719. The van der Waals surface area contributed by atoms with E-state index in [9.17, 15) is 8.42 Å². The van der Waals surface area contributed by atoms with Gasteiger partial charge in [-0.2, -0.15) is 4.72 Å². The van der Waals surface area contributed by atoms with E-state index in [4.69, 9.17) is 4.42 Å². The molecule has 0 radical (unpaired) electrons. The third kappa shape index (κ3) is 3.70. The van der Waals surface area contributed by atoms with Gasteiger partial charge in [0.1, 0.15) is 5.76 Å². The van der Waals surface area contributed by atoms with Crippen molar-refractivity contribution in [3.8, 4) is 0 Å². The third-order valence-corrected chi connectivity index (χ3v) is 5.75. The van der Waals surface area contributed by atoms with Crippen molar-refractivity contribution in [2.24, 2.45) is 0 Å². The van der Waals surface area contributed by atoms with Gasteiger partial charge in [0.25, 0.3) is 0 Å². The number of hydrogen-bond donors (Lipinski definition) is 2. The standard InChI is InChI=1S/C13H19N3O3S2/c1-8-6-15-13(19-8)9(2)16-21(17,18)12-5-11(7-14-4)20-10(12)3/h5-6,9,14,16H,7H2,1-4H3. The van der Waals surface area contributed by atoms with Crippen LogP contribution in [0.25, 0.3) is 0 Å². The lowest BCUT2D eigenvalue weighted by atomic mass is 10.4. The van der Waals surface area contributed by atoms with Crippen molar-refractivity contribution < 1.29 is 12.8 Å². The Morgan fingerprint density at radius 3 is 2.71 bits per heavy atom. The normalized spacial score (nSPS) is 13.5. The highest BCUT2D eigenvalue weighted by atomic mass is 32.2. The molecular weight excluding hydrogens is 310 g/mol. The van der Waals surface area contributed by atoms with Gasteiger partial charge in [0, 0.05) is 16.3 Å². The summed E-state index contributed by atoms with van der Waals surface area (Å²) >= 11 is 1.47. The highest BCUT2D eigenvalue weighted by Gasteiger charge is 2.24. The number of nitrogens with zero attached hydrogens (tertiary/aromatic N) is 1. The fourth-order valence-corrected chi connectivity index (χ4v) is 4.82. The molecule has 0 aliphatic rings. The highest BCUT2D eigenvalue weighted by molar-refractivity contribution is 7.89. The van der Waals surface area contributed by atoms with E-state index in [1.165, 1.54) is 11.3 Å². The maximum atomic E-state index is 12.5. The largest absolute Gasteiger partial charge is 0.444 e. The van der Waals surface area contributed by atoms with E-state index >= 15 is 0 Å². The molecule has 1 atom stereocenters. The van der Waals surface area contributed by atoms with Gasteiger partial charge in [-0.1, -0.05) is 0 Å². The second-order valence-electron chi connectivity index (χ2n) is 4.82. The Balaban J connectivity index is 2.22. The number of hydrogen-bond acceptors (Lipinski definition) is 6. The van der Waals surface area contributed by atoms with E-state index in [0.717, 1.165) is 9.75 Å². The van der Waals surface area contributed by atoms with Crippen LogP contribution in [0.4, 0.5) is 0 Å². The summed E-state index contributed by atoms with van der Waals surface area (Å²) in [7, 11) is -1.77. The summed E-state index contributed by atoms with van der Waals surface area (Å²) in [5.74, 6) is 1.01. The monoisotopic (exact) mass is 329 g/mol. The summed E-state index contributed by atoms with van der Waals surface area (Å²) in [6.45, 7) is 5.93. The van der Waals surface area contributed by atoms with Crippen molar-refractivity contribution in [2.75, 3.05) is 7.05 Å². The van der Waals surface area contributed by atoms with Crippen LogP contribution in [0.15, 0.2) is 21.6 Å². The molecule has 2 aromatic rings. The molecule has 2 aromatic heterocycles. The molecule has 116 valence electrons. The Kier molecular flexibility index (Phi) is 4.82. The van der Waals surface area contributed by atoms with Crippen molar-refractivity contribution in [3.05, 3.63) is 33.7 Å². The zero-order valence-corrected chi connectivity index (χ0v) is 14.1. The number of thiophene rings is 1. The van der Waals surface area contributed by atoms with E-state index in [1.807, 2.05) is 7.05 Å². The average molecular weight is 329 g/mol. The molecule has 0 aliphatic carbocycles. The first-order valence-corrected chi connectivity index (χ1v) is 8.82. The SMILES string of the molecule is CNCc1cc(S(=O)(=O)NC(C)c2ncc(C)o2)c(C)s1. The third-order valence-electron chi connectivity index (χ3n) is 2.91. The Hall–Kier alpha value is -1.22. The molecule has 2 N–H and O–H groups in total. The van der Waals surface area contributed by atoms with Gasteiger partial charge in [-0.3, -0.25) is 0 Å². The van der Waals surface area contributed by atoms with E-state index < -0.39 is 16.1 Å². The molecule has 0 saturated carbocycles. The van der Waals surface area contributed by atoms with Gasteiger partial charge >= 0.3 is 0 Å². The van der Waals surface area contributed by atoms with Crippen LogP contribution in [0, 0.1) is 13.8 Å². The fourth-order valence-electron chi connectivity index (χ4n) is 1.97. The van der Waals surface area contributed by atoms with Gasteiger partial charge in [0.2, 0.25) is 15.9 Å². The average Bonchev–Trinajstić information content (AvgIpc) is 2.96. The van der Waals surface area contributed by atoms with Crippen LogP contribution < -0.4 is 10.0 Å². The summed E-state index contributed by atoms with van der Waals surface area (Å²) in [4.78, 5) is 6.11. The first-order chi connectivity index (χ1) is 9.83. The predicted molar refractivity (Wildman–Crippen MR) is 81.8 cm³/mol. The molecule has 0 amide bonds. The zero-order chi connectivity index (χ0) is 15.6. The quantitative estimate of drug-likeness (QED) is 0.848. The van der Waals surface area contributed by atoms with Gasteiger partial charge in [0.15, 0.2) is 0 Å². The van der Waals surface area contributed by atoms with E-state index in [1.54, 1.807) is 33.0 Å². The van der Waals surface area contributed by atoms with Crippen LogP contribution in [0.2, 0.25) is 0 Å². The van der Waals surface area contributed by atoms with Crippen molar-refractivity contribution >= 4 is 21.4 Å². The van der Waals surface area contributed by atoms with Crippen LogP contribution >= 0.6 is 11.3 Å². The van der Waals surface area contributed by atoms with Gasteiger partial charge < -0.3 is 9.73 Å². The Morgan fingerprint density at radius 1 is 1.43 bits per heavy atom. The number of aromatic nitrogens is 1. The number of aryl methyl sites for hydroxylation is 2. The Morgan fingerprint density at radius 2 is 2.14 bits per heavy atom. The first kappa shape index (κ1) is 16.2. The minimum Gasteiger partial charge on any atom is -0.444 e. The van der Waals surface area contributed by atoms with Crippen LogP contribution in [0.1, 0.15) is 34.4 Å². The molecule has 0 aliphatic heterocycles. The smallest absolute Gasteiger partial charge is 0.242 e. The lowest BCUT2D eigenvalue weighted by Gasteiger charge is -2.10. The van der Waals surface area contributed by atoms with Crippen LogP contribution in [0.5, 0.6) is 0 Å². The fraction of sp³-hybridized carbons (Fsp3) is 0.462.